The fraction of sp³-hybridized carbons (Fsp3) is 0.357. The summed E-state index contributed by atoms with van der Waals surface area (Å²) in [4.78, 5) is 37.4. The van der Waals surface area contributed by atoms with Crippen LogP contribution in [-0.4, -0.2) is 28.5 Å². The number of hydrogen-bond acceptors (Lipinski definition) is 3. The van der Waals surface area contributed by atoms with Crippen LogP contribution in [0.5, 0.6) is 0 Å². The van der Waals surface area contributed by atoms with Gasteiger partial charge in [-0.3, -0.25) is 19.3 Å². The Balaban J connectivity index is 2.23. The van der Waals surface area contributed by atoms with Crippen molar-refractivity contribution < 1.29 is 14.4 Å². The van der Waals surface area contributed by atoms with E-state index in [2.05, 4.69) is 0 Å². The quantitative estimate of drug-likeness (QED) is 0.740. The Bertz CT molecular complexity index is 671. The lowest BCUT2D eigenvalue weighted by Gasteiger charge is -2.18. The van der Waals surface area contributed by atoms with Gasteiger partial charge in [0.25, 0.3) is 0 Å². The van der Waals surface area contributed by atoms with Crippen LogP contribution in [0, 0.1) is 5.92 Å². The lowest BCUT2D eigenvalue weighted by molar-refractivity contribution is -0.143. The van der Waals surface area contributed by atoms with Crippen molar-refractivity contribution in [3.05, 3.63) is 33.3 Å². The molecule has 104 valence electrons. The van der Waals surface area contributed by atoms with Crippen LogP contribution in [0.2, 0.25) is 10.0 Å². The van der Waals surface area contributed by atoms with Gasteiger partial charge in [-0.1, -0.05) is 30.1 Å². The average molecular weight is 312 g/mol. The van der Waals surface area contributed by atoms with Crippen LogP contribution in [-0.2, 0) is 9.59 Å². The van der Waals surface area contributed by atoms with Crippen molar-refractivity contribution in [1.29, 1.82) is 0 Å². The number of benzene rings is 1. The monoisotopic (exact) mass is 311 g/mol. The Kier molecular flexibility index (Phi) is 2.92. The van der Waals surface area contributed by atoms with Crippen molar-refractivity contribution in [1.82, 2.24) is 4.90 Å². The molecule has 0 unspecified atom stereocenters. The van der Waals surface area contributed by atoms with E-state index in [1.165, 1.54) is 6.92 Å². The van der Waals surface area contributed by atoms with Gasteiger partial charge in [-0.15, -0.1) is 0 Å². The molecule has 1 aliphatic heterocycles. The van der Waals surface area contributed by atoms with Crippen LogP contribution < -0.4 is 0 Å². The number of imide groups is 1. The number of halogens is 2. The van der Waals surface area contributed by atoms with Crippen LogP contribution in [0.25, 0.3) is 0 Å². The zero-order valence-electron chi connectivity index (χ0n) is 10.8. The first-order chi connectivity index (χ1) is 9.34. The molecule has 1 aromatic carbocycles. The summed E-state index contributed by atoms with van der Waals surface area (Å²) in [5, 5.41) is 0.744. The molecule has 2 aliphatic rings. The van der Waals surface area contributed by atoms with Crippen molar-refractivity contribution in [2.24, 2.45) is 5.92 Å². The molecule has 1 aromatic rings. The maximum absolute atomic E-state index is 12.5. The number of nitrogens with zero attached hydrogens (tertiary/aromatic N) is 1. The van der Waals surface area contributed by atoms with E-state index in [-0.39, 0.29) is 17.6 Å². The number of carbonyl (C=O) groups is 3. The van der Waals surface area contributed by atoms with E-state index in [4.69, 9.17) is 23.2 Å². The van der Waals surface area contributed by atoms with Gasteiger partial charge in [0.1, 0.15) is 6.04 Å². The smallest absolute Gasteiger partial charge is 0.233 e. The Morgan fingerprint density at radius 2 is 1.90 bits per heavy atom. The number of ketones is 1. The number of amides is 2. The summed E-state index contributed by atoms with van der Waals surface area (Å²) in [5.41, 5.74) is 1.05. The highest BCUT2D eigenvalue weighted by Crippen LogP contribution is 2.49. The molecule has 3 atom stereocenters. The summed E-state index contributed by atoms with van der Waals surface area (Å²) < 4.78 is 0. The SMILES string of the molecule is CC(=O)N1C(=O)[C@@H](C)[C@H]2c3c(Cl)cc(Cl)cc3C(=O)[C@H]21. The largest absolute Gasteiger partial charge is 0.292 e. The number of carbonyl (C=O) groups excluding carboxylic acids is 3. The molecule has 0 bridgehead atoms. The van der Waals surface area contributed by atoms with Crippen LogP contribution in [0.1, 0.15) is 35.7 Å². The molecule has 4 nitrogen and oxygen atoms in total. The van der Waals surface area contributed by atoms with E-state index in [1.54, 1.807) is 19.1 Å². The van der Waals surface area contributed by atoms with Gasteiger partial charge in [0.15, 0.2) is 5.78 Å². The van der Waals surface area contributed by atoms with Gasteiger partial charge in [0, 0.05) is 34.4 Å². The van der Waals surface area contributed by atoms with E-state index < -0.39 is 17.9 Å². The van der Waals surface area contributed by atoms with Crippen LogP contribution in [0.3, 0.4) is 0 Å². The lowest BCUT2D eigenvalue weighted by Crippen LogP contribution is -2.41. The number of Topliss-reactive ketones (excluding diaryl/α,β-unsaturated/α-hetero) is 1. The third kappa shape index (κ3) is 1.58. The molecule has 2 amide bonds. The molecule has 3 rings (SSSR count). The molecule has 1 fully saturated rings. The molecular formula is C14H11Cl2NO3. The summed E-state index contributed by atoms with van der Waals surface area (Å²) >= 11 is 12.1. The van der Waals surface area contributed by atoms with E-state index in [1.807, 2.05) is 0 Å². The van der Waals surface area contributed by atoms with E-state index in [0.29, 0.717) is 21.2 Å². The van der Waals surface area contributed by atoms with Gasteiger partial charge < -0.3 is 0 Å². The van der Waals surface area contributed by atoms with Crippen LogP contribution >= 0.6 is 23.2 Å². The van der Waals surface area contributed by atoms with Crippen molar-refractivity contribution in [2.75, 3.05) is 0 Å². The maximum atomic E-state index is 12.5. The van der Waals surface area contributed by atoms with E-state index in [0.717, 1.165) is 4.90 Å². The number of fused-ring (bicyclic) bond motifs is 3. The Hall–Kier alpha value is -1.39. The number of hydrogen-bond donors (Lipinski definition) is 0. The minimum atomic E-state index is -0.777. The van der Waals surface area contributed by atoms with E-state index in [9.17, 15) is 14.4 Å². The average Bonchev–Trinajstić information content (AvgIpc) is 2.76. The highest BCUT2D eigenvalue weighted by Gasteiger charge is 2.57. The van der Waals surface area contributed by atoms with Gasteiger partial charge in [-0.2, -0.15) is 0 Å². The highest BCUT2D eigenvalue weighted by molar-refractivity contribution is 6.36. The van der Waals surface area contributed by atoms with Gasteiger partial charge in [0.2, 0.25) is 11.8 Å². The number of likely N-dealkylation sites (tertiary alicyclic amines) is 1. The lowest BCUT2D eigenvalue weighted by atomic mass is 9.89. The third-order valence-corrected chi connectivity index (χ3v) is 4.62. The van der Waals surface area contributed by atoms with Gasteiger partial charge in [0.05, 0.1) is 0 Å². The molecule has 20 heavy (non-hydrogen) atoms. The second-order valence-corrected chi connectivity index (χ2v) is 6.04. The summed E-state index contributed by atoms with van der Waals surface area (Å²) in [6, 6.07) is 2.34. The minimum Gasteiger partial charge on any atom is -0.292 e. The first-order valence-corrected chi connectivity index (χ1v) is 6.97. The summed E-state index contributed by atoms with van der Waals surface area (Å²) in [5.74, 6) is -1.83. The highest BCUT2D eigenvalue weighted by atomic mass is 35.5. The molecule has 1 aliphatic carbocycles. The Morgan fingerprint density at radius 1 is 1.25 bits per heavy atom. The Morgan fingerprint density at radius 3 is 2.50 bits per heavy atom. The minimum absolute atomic E-state index is 0.262. The summed E-state index contributed by atoms with van der Waals surface area (Å²) in [7, 11) is 0. The Labute approximate surface area is 125 Å². The van der Waals surface area contributed by atoms with Crippen LogP contribution in [0.4, 0.5) is 0 Å². The molecule has 1 heterocycles. The second kappa shape index (κ2) is 4.30. The van der Waals surface area contributed by atoms with Crippen molar-refractivity contribution >= 4 is 40.8 Å². The zero-order chi connectivity index (χ0) is 14.8. The molecule has 1 saturated heterocycles. The second-order valence-electron chi connectivity index (χ2n) is 5.20. The molecule has 0 radical (unpaired) electrons. The summed E-state index contributed by atoms with van der Waals surface area (Å²) in [6.07, 6.45) is 0. The van der Waals surface area contributed by atoms with Gasteiger partial charge in [-0.05, 0) is 17.7 Å². The maximum Gasteiger partial charge on any atom is 0.233 e. The number of rotatable bonds is 0. The first kappa shape index (κ1) is 13.6. The van der Waals surface area contributed by atoms with E-state index >= 15 is 0 Å². The topological polar surface area (TPSA) is 54.5 Å². The van der Waals surface area contributed by atoms with Crippen molar-refractivity contribution in [2.45, 2.75) is 25.8 Å². The van der Waals surface area contributed by atoms with Crippen LogP contribution in [0.15, 0.2) is 12.1 Å². The fourth-order valence-corrected chi connectivity index (χ4v) is 3.89. The molecular weight excluding hydrogens is 301 g/mol. The normalized spacial score (nSPS) is 27.8. The predicted octanol–water partition coefficient (Wildman–Crippen LogP) is 2.67. The van der Waals surface area contributed by atoms with Crippen molar-refractivity contribution in [3.63, 3.8) is 0 Å². The summed E-state index contributed by atoms with van der Waals surface area (Å²) in [6.45, 7) is 3.01. The van der Waals surface area contributed by atoms with Gasteiger partial charge >= 0.3 is 0 Å². The molecule has 0 aromatic heterocycles. The molecule has 0 saturated carbocycles. The molecule has 0 N–H and O–H groups in total. The van der Waals surface area contributed by atoms with Crippen molar-refractivity contribution in [3.8, 4) is 0 Å². The predicted molar refractivity (Wildman–Crippen MR) is 74.0 cm³/mol. The fourth-order valence-electron chi connectivity index (χ4n) is 3.27. The van der Waals surface area contributed by atoms with Gasteiger partial charge in [-0.25, -0.2) is 0 Å². The zero-order valence-corrected chi connectivity index (χ0v) is 12.3. The molecule has 0 spiro atoms. The molecule has 6 heteroatoms. The third-order valence-electron chi connectivity index (χ3n) is 4.08. The first-order valence-electron chi connectivity index (χ1n) is 6.21. The standard InChI is InChI=1S/C14H11Cl2NO3/c1-5-10-11-8(3-7(15)4-9(11)16)13(19)12(10)17(6(2)18)14(5)20/h3-5,10,12H,1-2H3/t5-,10-,12-/m0/s1.